The van der Waals surface area contributed by atoms with Gasteiger partial charge in [0.25, 0.3) is 0 Å². The zero-order valence-electron chi connectivity index (χ0n) is 9.97. The minimum absolute atomic E-state index is 0.387. The van der Waals surface area contributed by atoms with Gasteiger partial charge < -0.3 is 20.1 Å². The topological polar surface area (TPSA) is 87.0 Å². The van der Waals surface area contributed by atoms with Crippen molar-refractivity contribution < 1.29 is 24.9 Å². The van der Waals surface area contributed by atoms with Crippen LogP contribution in [0.25, 0.3) is 0 Å². The number of rotatable bonds is 4. The lowest BCUT2D eigenvalue weighted by Crippen LogP contribution is -2.28. The first kappa shape index (κ1) is 13.5. The van der Waals surface area contributed by atoms with E-state index in [9.17, 15) is 15.0 Å². The highest BCUT2D eigenvalue weighted by molar-refractivity contribution is 5.73. The summed E-state index contributed by atoms with van der Waals surface area (Å²) < 4.78 is 5.11. The third kappa shape index (κ3) is 2.75. The fourth-order valence-electron chi connectivity index (χ4n) is 1.66. The molecule has 0 amide bonds. The van der Waals surface area contributed by atoms with Crippen LogP contribution in [0.15, 0.2) is 12.1 Å². The molecule has 0 aromatic heterocycles. The number of methoxy groups -OCH3 is 1. The number of carbonyl (C=O) groups is 1. The van der Waals surface area contributed by atoms with Crippen molar-refractivity contribution in [1.82, 2.24) is 0 Å². The van der Waals surface area contributed by atoms with Crippen molar-refractivity contribution in [2.45, 2.75) is 26.1 Å². The number of hydrogen-bond acceptors (Lipinski definition) is 4. The second-order valence-electron chi connectivity index (χ2n) is 3.91. The maximum atomic E-state index is 10.6. The summed E-state index contributed by atoms with van der Waals surface area (Å²) in [5, 5.41) is 27.7. The lowest BCUT2D eigenvalue weighted by atomic mass is 9.97. The smallest absolute Gasteiger partial charge is 0.335 e. The van der Waals surface area contributed by atoms with Gasteiger partial charge >= 0.3 is 5.97 Å². The molecule has 1 aromatic carbocycles. The molecular formula is C12H16O5. The molecule has 17 heavy (non-hydrogen) atoms. The Hall–Kier alpha value is -1.59. The molecule has 2 atom stereocenters. The Morgan fingerprint density at radius 3 is 2.29 bits per heavy atom. The average Bonchev–Trinajstić information content (AvgIpc) is 2.29. The molecule has 0 radical (unpaired) electrons. The monoisotopic (exact) mass is 240 g/mol. The van der Waals surface area contributed by atoms with Crippen molar-refractivity contribution in [1.29, 1.82) is 0 Å². The summed E-state index contributed by atoms with van der Waals surface area (Å²) in [7, 11) is 1.53. The van der Waals surface area contributed by atoms with Crippen LogP contribution in [-0.2, 0) is 4.79 Å². The lowest BCUT2D eigenvalue weighted by molar-refractivity contribution is -0.153. The molecule has 0 bridgehead atoms. The molecule has 0 aliphatic carbocycles. The van der Waals surface area contributed by atoms with Gasteiger partial charge in [-0.1, -0.05) is 0 Å². The number of aryl methyl sites for hydroxylation is 2. The van der Waals surface area contributed by atoms with Gasteiger partial charge in [0.2, 0.25) is 0 Å². The van der Waals surface area contributed by atoms with E-state index in [1.165, 1.54) is 7.11 Å². The molecule has 0 fully saturated rings. The van der Waals surface area contributed by atoms with Crippen molar-refractivity contribution in [2.24, 2.45) is 0 Å². The normalized spacial score (nSPS) is 14.2. The van der Waals surface area contributed by atoms with Crippen LogP contribution >= 0.6 is 0 Å². The van der Waals surface area contributed by atoms with Crippen LogP contribution in [0, 0.1) is 13.8 Å². The molecule has 0 aliphatic rings. The summed E-state index contributed by atoms with van der Waals surface area (Å²) in [6.45, 7) is 3.50. The van der Waals surface area contributed by atoms with E-state index >= 15 is 0 Å². The van der Waals surface area contributed by atoms with E-state index in [1.54, 1.807) is 26.0 Å². The SMILES string of the molecule is COc1cc(C)c(C(O)C(O)C(=O)O)cc1C. The second kappa shape index (κ2) is 5.16. The Kier molecular flexibility index (Phi) is 4.09. The molecule has 0 saturated heterocycles. The number of aliphatic hydroxyl groups is 2. The number of aliphatic carboxylic acids is 1. The minimum atomic E-state index is -1.83. The first-order valence-corrected chi connectivity index (χ1v) is 5.12. The number of carboxylic acid groups (broad SMARTS) is 1. The Morgan fingerprint density at radius 1 is 1.24 bits per heavy atom. The predicted molar refractivity (Wildman–Crippen MR) is 61.1 cm³/mol. The number of aliphatic hydroxyl groups excluding tert-OH is 2. The maximum absolute atomic E-state index is 10.6. The summed E-state index contributed by atoms with van der Waals surface area (Å²) >= 11 is 0. The van der Waals surface area contributed by atoms with E-state index in [-0.39, 0.29) is 0 Å². The standard InChI is InChI=1S/C12H16O5/c1-6-5-9(17-3)7(2)4-8(6)10(13)11(14)12(15)16/h4-5,10-11,13-14H,1-3H3,(H,15,16). The third-order valence-electron chi connectivity index (χ3n) is 2.65. The third-order valence-corrected chi connectivity index (χ3v) is 2.65. The van der Waals surface area contributed by atoms with Gasteiger partial charge in [-0.05, 0) is 42.7 Å². The van der Waals surface area contributed by atoms with Crippen LogP contribution in [0.4, 0.5) is 0 Å². The quantitative estimate of drug-likeness (QED) is 0.724. The van der Waals surface area contributed by atoms with Gasteiger partial charge in [0.1, 0.15) is 11.9 Å². The zero-order chi connectivity index (χ0) is 13.2. The van der Waals surface area contributed by atoms with Crippen molar-refractivity contribution in [3.8, 4) is 5.75 Å². The van der Waals surface area contributed by atoms with Crippen molar-refractivity contribution in [2.75, 3.05) is 7.11 Å². The molecule has 0 aliphatic heterocycles. The van der Waals surface area contributed by atoms with E-state index in [4.69, 9.17) is 9.84 Å². The largest absolute Gasteiger partial charge is 0.496 e. The van der Waals surface area contributed by atoms with Gasteiger partial charge in [0.15, 0.2) is 6.10 Å². The van der Waals surface area contributed by atoms with Crippen LogP contribution in [0.5, 0.6) is 5.75 Å². The van der Waals surface area contributed by atoms with Crippen LogP contribution in [-0.4, -0.2) is 34.5 Å². The number of carboxylic acids is 1. The van der Waals surface area contributed by atoms with Gasteiger partial charge in [0.05, 0.1) is 7.11 Å². The van der Waals surface area contributed by atoms with Crippen molar-refractivity contribution in [3.63, 3.8) is 0 Å². The first-order valence-electron chi connectivity index (χ1n) is 5.12. The summed E-state index contributed by atoms with van der Waals surface area (Å²) in [4.78, 5) is 10.6. The lowest BCUT2D eigenvalue weighted by Gasteiger charge is -2.18. The number of benzene rings is 1. The fourth-order valence-corrected chi connectivity index (χ4v) is 1.66. The molecule has 1 aromatic rings. The van der Waals surface area contributed by atoms with Crippen LogP contribution in [0.3, 0.4) is 0 Å². The van der Waals surface area contributed by atoms with E-state index in [1.807, 2.05) is 0 Å². The van der Waals surface area contributed by atoms with Crippen LogP contribution < -0.4 is 4.74 Å². The molecular weight excluding hydrogens is 224 g/mol. The molecule has 0 heterocycles. The van der Waals surface area contributed by atoms with Gasteiger partial charge in [-0.25, -0.2) is 4.79 Å². The highest BCUT2D eigenvalue weighted by atomic mass is 16.5. The van der Waals surface area contributed by atoms with Gasteiger partial charge in [-0.15, -0.1) is 0 Å². The Labute approximate surface area is 99.3 Å². The first-order chi connectivity index (χ1) is 7.88. The summed E-state index contributed by atoms with van der Waals surface area (Å²) in [5.74, 6) is -0.798. The summed E-state index contributed by atoms with van der Waals surface area (Å²) in [6, 6.07) is 3.31. The highest BCUT2D eigenvalue weighted by Gasteiger charge is 2.26. The molecule has 5 heteroatoms. The molecule has 3 N–H and O–H groups in total. The van der Waals surface area contributed by atoms with Crippen LogP contribution in [0.2, 0.25) is 0 Å². The Bertz CT molecular complexity index is 427. The van der Waals surface area contributed by atoms with E-state index in [0.717, 1.165) is 5.56 Å². The van der Waals surface area contributed by atoms with Crippen molar-refractivity contribution >= 4 is 5.97 Å². The minimum Gasteiger partial charge on any atom is -0.496 e. The van der Waals surface area contributed by atoms with Crippen molar-refractivity contribution in [3.05, 3.63) is 28.8 Å². The highest BCUT2D eigenvalue weighted by Crippen LogP contribution is 2.28. The second-order valence-corrected chi connectivity index (χ2v) is 3.91. The summed E-state index contributed by atoms with van der Waals surface area (Å²) in [6.07, 6.45) is -3.28. The number of ether oxygens (including phenoxy) is 1. The zero-order valence-corrected chi connectivity index (χ0v) is 9.97. The predicted octanol–water partition coefficient (Wildman–Crippen LogP) is 0.791. The molecule has 2 unspecified atom stereocenters. The molecule has 0 spiro atoms. The molecule has 5 nitrogen and oxygen atoms in total. The van der Waals surface area contributed by atoms with Gasteiger partial charge in [-0.3, -0.25) is 0 Å². The molecule has 0 saturated carbocycles. The Morgan fingerprint density at radius 2 is 1.82 bits per heavy atom. The molecule has 94 valence electrons. The average molecular weight is 240 g/mol. The van der Waals surface area contributed by atoms with E-state index < -0.39 is 18.2 Å². The fraction of sp³-hybridized carbons (Fsp3) is 0.417. The van der Waals surface area contributed by atoms with Gasteiger partial charge in [0, 0.05) is 0 Å². The van der Waals surface area contributed by atoms with Gasteiger partial charge in [-0.2, -0.15) is 0 Å². The van der Waals surface area contributed by atoms with E-state index in [0.29, 0.717) is 16.9 Å². The maximum Gasteiger partial charge on any atom is 0.335 e. The summed E-state index contributed by atoms with van der Waals surface area (Å²) in [5.41, 5.74) is 1.82. The Balaban J connectivity index is 3.14. The van der Waals surface area contributed by atoms with E-state index in [2.05, 4.69) is 0 Å². The molecule has 1 rings (SSSR count). The number of hydrogen-bond donors (Lipinski definition) is 3. The van der Waals surface area contributed by atoms with Crippen LogP contribution in [0.1, 0.15) is 22.8 Å².